The molecule has 1 saturated heterocycles. The molecule has 1 heterocycles. The van der Waals surface area contributed by atoms with Gasteiger partial charge in [-0.1, -0.05) is 24.3 Å². The number of ether oxygens (including phenoxy) is 1. The van der Waals surface area contributed by atoms with Crippen LogP contribution in [0.2, 0.25) is 0 Å². The second-order valence-corrected chi connectivity index (χ2v) is 8.71. The Kier molecular flexibility index (Phi) is 5.15. The maximum atomic E-state index is 13.0. The molecule has 4 rings (SSSR count). The summed E-state index contributed by atoms with van der Waals surface area (Å²) >= 11 is 0. The molecule has 0 radical (unpaired) electrons. The van der Waals surface area contributed by atoms with E-state index in [0.717, 1.165) is 23.6 Å². The number of benzene rings is 3. The van der Waals surface area contributed by atoms with E-state index in [1.807, 2.05) is 12.1 Å². The number of para-hydroxylation sites is 1. The number of hydrogen-bond donors (Lipinski definition) is 1. The summed E-state index contributed by atoms with van der Waals surface area (Å²) in [6.45, 7) is 1.40. The van der Waals surface area contributed by atoms with E-state index in [1.165, 1.54) is 0 Å². The van der Waals surface area contributed by atoms with Gasteiger partial charge in [0.25, 0.3) is 15.9 Å². The van der Waals surface area contributed by atoms with Crippen LogP contribution in [0.4, 0.5) is 5.69 Å². The molecule has 1 amide bonds. The molecule has 1 fully saturated rings. The molecule has 6 nitrogen and oxygen atoms in total. The van der Waals surface area contributed by atoms with Gasteiger partial charge in [-0.25, -0.2) is 8.42 Å². The maximum absolute atomic E-state index is 13.0. The van der Waals surface area contributed by atoms with Crippen LogP contribution in [-0.4, -0.2) is 39.4 Å². The zero-order valence-corrected chi connectivity index (χ0v) is 16.9. The van der Waals surface area contributed by atoms with Gasteiger partial charge < -0.3 is 9.64 Å². The molecular formula is C22H22N2O4S. The average Bonchev–Trinajstić information content (AvgIpc) is 3.27. The fourth-order valence-corrected chi connectivity index (χ4v) is 4.66. The minimum Gasteiger partial charge on any atom is -0.497 e. The number of anilines is 1. The highest BCUT2D eigenvalue weighted by Gasteiger charge is 2.24. The molecule has 0 unspecified atom stereocenters. The number of nitrogens with one attached hydrogen (secondary N) is 1. The van der Waals surface area contributed by atoms with E-state index in [0.29, 0.717) is 30.1 Å². The van der Waals surface area contributed by atoms with Gasteiger partial charge in [0.15, 0.2) is 0 Å². The molecule has 3 aromatic rings. The lowest BCUT2D eigenvalue weighted by molar-refractivity contribution is 0.0794. The molecule has 7 heteroatoms. The van der Waals surface area contributed by atoms with Gasteiger partial charge in [0.2, 0.25) is 0 Å². The molecular weight excluding hydrogens is 388 g/mol. The fourth-order valence-electron chi connectivity index (χ4n) is 3.55. The van der Waals surface area contributed by atoms with E-state index in [9.17, 15) is 13.2 Å². The molecule has 1 N–H and O–H groups in total. The van der Waals surface area contributed by atoms with Gasteiger partial charge in [0, 0.05) is 13.1 Å². The molecule has 150 valence electrons. The first-order valence-electron chi connectivity index (χ1n) is 9.47. The Morgan fingerprint density at radius 2 is 1.66 bits per heavy atom. The molecule has 0 aliphatic carbocycles. The Bertz CT molecular complexity index is 1170. The maximum Gasteiger partial charge on any atom is 0.261 e. The number of likely N-dealkylation sites (tertiary alicyclic amines) is 1. The largest absolute Gasteiger partial charge is 0.497 e. The van der Waals surface area contributed by atoms with Gasteiger partial charge in [0.1, 0.15) is 5.75 Å². The second kappa shape index (κ2) is 7.75. The lowest BCUT2D eigenvalue weighted by Gasteiger charge is -2.18. The fraction of sp³-hybridized carbons (Fsp3) is 0.227. The van der Waals surface area contributed by atoms with Gasteiger partial charge in [0.05, 0.1) is 23.3 Å². The summed E-state index contributed by atoms with van der Waals surface area (Å²) in [6, 6.07) is 17.1. The number of fused-ring (bicyclic) bond motifs is 1. The first kappa shape index (κ1) is 19.3. The summed E-state index contributed by atoms with van der Waals surface area (Å²) in [5, 5.41) is 1.67. The first-order valence-corrected chi connectivity index (χ1v) is 11.0. The van der Waals surface area contributed by atoms with E-state index in [4.69, 9.17) is 4.74 Å². The third-order valence-electron chi connectivity index (χ3n) is 5.12. The lowest BCUT2D eigenvalue weighted by Crippen LogP contribution is -2.28. The number of carbonyl (C=O) groups is 1. The topological polar surface area (TPSA) is 75.7 Å². The summed E-state index contributed by atoms with van der Waals surface area (Å²) in [6.07, 6.45) is 1.95. The highest BCUT2D eigenvalue weighted by molar-refractivity contribution is 7.92. The normalized spacial score (nSPS) is 14.2. The molecule has 0 aromatic heterocycles. The second-order valence-electron chi connectivity index (χ2n) is 7.03. The molecule has 0 atom stereocenters. The molecule has 0 spiro atoms. The summed E-state index contributed by atoms with van der Waals surface area (Å²) in [7, 11) is -2.26. The van der Waals surface area contributed by atoms with Crippen molar-refractivity contribution in [2.24, 2.45) is 0 Å². The zero-order valence-electron chi connectivity index (χ0n) is 16.1. The Labute approximate surface area is 170 Å². The molecule has 0 bridgehead atoms. The van der Waals surface area contributed by atoms with E-state index < -0.39 is 10.0 Å². The van der Waals surface area contributed by atoms with Crippen molar-refractivity contribution in [1.82, 2.24) is 4.90 Å². The van der Waals surface area contributed by atoms with Gasteiger partial charge in [-0.2, -0.15) is 0 Å². The number of hydrogen-bond acceptors (Lipinski definition) is 4. The average molecular weight is 410 g/mol. The first-order chi connectivity index (χ1) is 14.0. The van der Waals surface area contributed by atoms with Crippen LogP contribution in [-0.2, 0) is 10.0 Å². The minimum atomic E-state index is -3.85. The van der Waals surface area contributed by atoms with Crippen LogP contribution in [0, 0.1) is 0 Å². The predicted molar refractivity (Wildman–Crippen MR) is 113 cm³/mol. The smallest absolute Gasteiger partial charge is 0.261 e. The van der Waals surface area contributed by atoms with Crippen molar-refractivity contribution in [3.05, 3.63) is 66.2 Å². The van der Waals surface area contributed by atoms with Crippen LogP contribution >= 0.6 is 0 Å². The third kappa shape index (κ3) is 3.91. The van der Waals surface area contributed by atoms with Crippen molar-refractivity contribution in [3.8, 4) is 5.75 Å². The van der Waals surface area contributed by atoms with E-state index in [2.05, 4.69) is 4.72 Å². The Morgan fingerprint density at radius 1 is 0.966 bits per heavy atom. The highest BCUT2D eigenvalue weighted by Crippen LogP contribution is 2.26. The highest BCUT2D eigenvalue weighted by atomic mass is 32.2. The minimum absolute atomic E-state index is 0.138. The molecule has 29 heavy (non-hydrogen) atoms. The van der Waals surface area contributed by atoms with Crippen molar-refractivity contribution in [3.63, 3.8) is 0 Å². The Morgan fingerprint density at radius 3 is 2.41 bits per heavy atom. The standard InChI is InChI=1S/C22H22N2O4S/c1-28-18-10-8-17-15-19(11-9-16(17)14-18)29(26,27)23-21-7-3-2-6-20(21)22(25)24-12-4-5-13-24/h2-3,6-11,14-15,23H,4-5,12-13H2,1H3. The SMILES string of the molecule is COc1ccc2cc(S(=O)(=O)Nc3ccccc3C(=O)N3CCCC3)ccc2c1. The predicted octanol–water partition coefficient (Wildman–Crippen LogP) is 3.89. The number of rotatable bonds is 5. The molecule has 0 saturated carbocycles. The monoisotopic (exact) mass is 410 g/mol. The van der Waals surface area contributed by atoms with Crippen LogP contribution in [0.5, 0.6) is 5.75 Å². The number of amides is 1. The summed E-state index contributed by atoms with van der Waals surface area (Å²) in [4.78, 5) is 14.7. The Hall–Kier alpha value is -3.06. The number of carbonyl (C=O) groups excluding carboxylic acids is 1. The number of methoxy groups -OCH3 is 1. The van der Waals surface area contributed by atoms with Crippen molar-refractivity contribution >= 4 is 32.4 Å². The van der Waals surface area contributed by atoms with Crippen LogP contribution in [0.25, 0.3) is 10.8 Å². The number of sulfonamides is 1. The Balaban J connectivity index is 1.65. The lowest BCUT2D eigenvalue weighted by atomic mass is 10.1. The molecule has 3 aromatic carbocycles. The van der Waals surface area contributed by atoms with E-state index in [1.54, 1.807) is 60.5 Å². The number of nitrogens with zero attached hydrogens (tertiary/aromatic N) is 1. The molecule has 1 aliphatic rings. The third-order valence-corrected chi connectivity index (χ3v) is 6.49. The van der Waals surface area contributed by atoms with Crippen molar-refractivity contribution in [2.45, 2.75) is 17.7 Å². The quantitative estimate of drug-likeness (QED) is 0.693. The van der Waals surface area contributed by atoms with Crippen LogP contribution in [0.3, 0.4) is 0 Å². The van der Waals surface area contributed by atoms with Gasteiger partial charge in [-0.15, -0.1) is 0 Å². The van der Waals surface area contributed by atoms with E-state index in [-0.39, 0.29) is 10.8 Å². The van der Waals surface area contributed by atoms with Gasteiger partial charge in [-0.05, 0) is 60.0 Å². The summed E-state index contributed by atoms with van der Waals surface area (Å²) < 4.78 is 33.8. The van der Waals surface area contributed by atoms with Crippen LogP contribution in [0.15, 0.2) is 65.6 Å². The van der Waals surface area contributed by atoms with Gasteiger partial charge >= 0.3 is 0 Å². The van der Waals surface area contributed by atoms with Crippen molar-refractivity contribution < 1.29 is 17.9 Å². The summed E-state index contributed by atoms with van der Waals surface area (Å²) in [5.74, 6) is 0.562. The molecule has 1 aliphatic heterocycles. The van der Waals surface area contributed by atoms with Crippen LogP contribution in [0.1, 0.15) is 23.2 Å². The van der Waals surface area contributed by atoms with Crippen molar-refractivity contribution in [1.29, 1.82) is 0 Å². The van der Waals surface area contributed by atoms with E-state index >= 15 is 0 Å². The van der Waals surface area contributed by atoms with Crippen molar-refractivity contribution in [2.75, 3.05) is 24.9 Å². The van der Waals surface area contributed by atoms with Gasteiger partial charge in [-0.3, -0.25) is 9.52 Å². The van der Waals surface area contributed by atoms with Crippen LogP contribution < -0.4 is 9.46 Å². The summed E-state index contributed by atoms with van der Waals surface area (Å²) in [5.41, 5.74) is 0.655. The zero-order chi connectivity index (χ0) is 20.4.